The van der Waals surface area contributed by atoms with Gasteiger partial charge >= 0.3 is 0 Å². The lowest BCUT2D eigenvalue weighted by Crippen LogP contribution is -2.31. The number of halogens is 1. The maximum Gasteiger partial charge on any atom is 0.150 e. The number of para-hydroxylation sites is 2. The number of pyridine rings is 2. The number of imidazole rings is 1. The number of hydrogen-bond donors (Lipinski definition) is 0. The lowest BCUT2D eigenvalue weighted by atomic mass is 9.74. The van der Waals surface area contributed by atoms with Crippen LogP contribution < -0.4 is 4.90 Å². The van der Waals surface area contributed by atoms with Gasteiger partial charge in [0.15, 0.2) is 6.17 Å². The van der Waals surface area contributed by atoms with Crippen molar-refractivity contribution < 1.29 is 8.81 Å². The van der Waals surface area contributed by atoms with Crippen molar-refractivity contribution in [3.05, 3.63) is 156 Å². The molecule has 0 radical (unpaired) electrons. The lowest BCUT2D eigenvalue weighted by Gasteiger charge is -2.41. The summed E-state index contributed by atoms with van der Waals surface area (Å²) in [6.07, 6.45) is 4.24. The lowest BCUT2D eigenvalue weighted by molar-refractivity contribution is 0.402. The van der Waals surface area contributed by atoms with Crippen LogP contribution in [0.1, 0.15) is 42.3 Å². The largest absolute Gasteiger partial charge is 0.456 e. The van der Waals surface area contributed by atoms with Gasteiger partial charge in [0, 0.05) is 51.4 Å². The first-order chi connectivity index (χ1) is 23.5. The minimum absolute atomic E-state index is 0.324. The standard InChI is InChI=1S/C42H29FN4O/c1-42(2)32-18-19-36-37(30-12-4-6-15-35(30)48-36)39(32)47(41-33(42)13-8-20-44-41)27-10-7-9-25(23-27)38(43)26-16-17-28-29-11-3-5-14-34(29)46-22-21-45-40(46)31(28)24-26/h3-24,38H,1-2H3. The van der Waals surface area contributed by atoms with Crippen LogP contribution in [-0.2, 0) is 5.41 Å². The summed E-state index contributed by atoms with van der Waals surface area (Å²) in [6, 6.07) is 38.5. The van der Waals surface area contributed by atoms with Crippen LogP contribution in [0.3, 0.4) is 0 Å². The third-order valence-electron chi connectivity index (χ3n) is 10.2. The second-order valence-electron chi connectivity index (χ2n) is 13.2. The summed E-state index contributed by atoms with van der Waals surface area (Å²) in [6.45, 7) is 4.48. The predicted octanol–water partition coefficient (Wildman–Crippen LogP) is 11.1. The van der Waals surface area contributed by atoms with E-state index in [2.05, 4.69) is 64.5 Å². The van der Waals surface area contributed by atoms with Gasteiger partial charge in [-0.2, -0.15) is 0 Å². The number of furan rings is 1. The van der Waals surface area contributed by atoms with E-state index in [-0.39, 0.29) is 5.41 Å². The Hall–Kier alpha value is -6.01. The van der Waals surface area contributed by atoms with E-state index >= 15 is 4.39 Å². The molecule has 0 saturated carbocycles. The van der Waals surface area contributed by atoms with Crippen molar-refractivity contribution in [2.24, 2.45) is 0 Å². The smallest absolute Gasteiger partial charge is 0.150 e. The van der Waals surface area contributed by atoms with E-state index in [1.807, 2.05) is 91.3 Å². The third-order valence-corrected chi connectivity index (χ3v) is 10.2. The molecule has 0 N–H and O–H groups in total. The molecule has 1 aliphatic rings. The van der Waals surface area contributed by atoms with E-state index in [0.717, 1.165) is 77.6 Å². The molecule has 10 rings (SSSR count). The van der Waals surface area contributed by atoms with E-state index in [0.29, 0.717) is 11.1 Å². The summed E-state index contributed by atoms with van der Waals surface area (Å²) in [5.74, 6) is 0.833. The van der Waals surface area contributed by atoms with Crippen molar-refractivity contribution in [2.75, 3.05) is 4.90 Å². The fraction of sp³-hybridized carbons (Fsp3) is 0.0952. The van der Waals surface area contributed by atoms with Crippen LogP contribution in [-0.4, -0.2) is 14.4 Å². The Morgan fingerprint density at radius 2 is 1.50 bits per heavy atom. The van der Waals surface area contributed by atoms with E-state index in [1.54, 1.807) is 6.20 Å². The Morgan fingerprint density at radius 3 is 2.42 bits per heavy atom. The molecule has 0 spiro atoms. The molecule has 0 saturated heterocycles. The van der Waals surface area contributed by atoms with Gasteiger partial charge in [0.1, 0.15) is 22.6 Å². The Labute approximate surface area is 275 Å². The normalized spacial score (nSPS) is 14.6. The maximum atomic E-state index is 16.8. The molecule has 0 aliphatic carbocycles. The van der Waals surface area contributed by atoms with E-state index in [4.69, 9.17) is 9.40 Å². The summed E-state index contributed by atoms with van der Waals surface area (Å²) in [5, 5.41) is 5.16. The van der Waals surface area contributed by atoms with Crippen molar-refractivity contribution in [1.82, 2.24) is 14.4 Å². The predicted molar refractivity (Wildman–Crippen MR) is 191 cm³/mol. The van der Waals surface area contributed by atoms with Crippen molar-refractivity contribution in [3.63, 3.8) is 0 Å². The minimum atomic E-state index is -1.36. The molecule has 0 bridgehead atoms. The molecule has 5 aromatic carbocycles. The number of benzene rings is 5. The average molecular weight is 625 g/mol. The van der Waals surface area contributed by atoms with Gasteiger partial charge in [-0.25, -0.2) is 14.4 Å². The monoisotopic (exact) mass is 624 g/mol. The molecular formula is C42H29FN4O. The van der Waals surface area contributed by atoms with Gasteiger partial charge in [0.2, 0.25) is 0 Å². The summed E-state index contributed by atoms with van der Waals surface area (Å²) in [7, 11) is 0. The van der Waals surface area contributed by atoms with Crippen molar-refractivity contribution >= 4 is 66.5 Å². The fourth-order valence-electron chi connectivity index (χ4n) is 7.86. The van der Waals surface area contributed by atoms with Crippen LogP contribution in [0.5, 0.6) is 0 Å². The van der Waals surface area contributed by atoms with Gasteiger partial charge in [-0.3, -0.25) is 9.30 Å². The molecule has 6 heteroatoms. The molecular weight excluding hydrogens is 595 g/mol. The van der Waals surface area contributed by atoms with Crippen LogP contribution in [0.2, 0.25) is 0 Å². The Bertz CT molecular complexity index is 2760. The molecule has 230 valence electrons. The quantitative estimate of drug-likeness (QED) is 0.184. The number of alkyl halides is 1. The number of anilines is 3. The molecule has 5 heterocycles. The van der Waals surface area contributed by atoms with Crippen LogP contribution in [0.25, 0.3) is 49.3 Å². The summed E-state index contributed by atoms with van der Waals surface area (Å²) in [5.41, 5.74) is 8.49. The second kappa shape index (κ2) is 9.75. The van der Waals surface area contributed by atoms with Gasteiger partial charge in [-0.15, -0.1) is 0 Å². The van der Waals surface area contributed by atoms with Gasteiger partial charge < -0.3 is 4.42 Å². The van der Waals surface area contributed by atoms with Gasteiger partial charge in [0.25, 0.3) is 0 Å². The van der Waals surface area contributed by atoms with Crippen molar-refractivity contribution in [2.45, 2.75) is 25.4 Å². The topological polar surface area (TPSA) is 46.6 Å². The van der Waals surface area contributed by atoms with Gasteiger partial charge in [0.05, 0.1) is 16.6 Å². The zero-order valence-corrected chi connectivity index (χ0v) is 26.4. The van der Waals surface area contributed by atoms with Crippen LogP contribution in [0.15, 0.2) is 138 Å². The second-order valence-corrected chi connectivity index (χ2v) is 13.2. The molecule has 1 unspecified atom stereocenters. The number of hydrogen-bond acceptors (Lipinski definition) is 4. The first kappa shape index (κ1) is 27.1. The maximum absolute atomic E-state index is 16.8. The zero-order chi connectivity index (χ0) is 32.1. The molecule has 0 amide bonds. The number of aromatic nitrogens is 3. The highest BCUT2D eigenvalue weighted by Crippen LogP contribution is 2.55. The van der Waals surface area contributed by atoms with Crippen LogP contribution in [0.4, 0.5) is 21.6 Å². The summed E-state index contributed by atoms with van der Waals surface area (Å²) in [4.78, 5) is 11.8. The van der Waals surface area contributed by atoms with E-state index in [9.17, 15) is 0 Å². The number of nitrogens with zero attached hydrogens (tertiary/aromatic N) is 4. The van der Waals surface area contributed by atoms with Gasteiger partial charge in [-0.05, 0) is 64.5 Å². The molecule has 48 heavy (non-hydrogen) atoms. The summed E-state index contributed by atoms with van der Waals surface area (Å²) < 4.78 is 25.3. The molecule has 1 aliphatic heterocycles. The average Bonchev–Trinajstić information content (AvgIpc) is 3.77. The first-order valence-corrected chi connectivity index (χ1v) is 16.2. The van der Waals surface area contributed by atoms with Crippen molar-refractivity contribution in [1.29, 1.82) is 0 Å². The molecule has 9 aromatic rings. The van der Waals surface area contributed by atoms with Crippen molar-refractivity contribution in [3.8, 4) is 0 Å². The molecule has 1 atom stereocenters. The Morgan fingerprint density at radius 1 is 0.667 bits per heavy atom. The van der Waals surface area contributed by atoms with E-state index < -0.39 is 6.17 Å². The van der Waals surface area contributed by atoms with Crippen LogP contribution >= 0.6 is 0 Å². The summed E-state index contributed by atoms with van der Waals surface area (Å²) >= 11 is 0. The zero-order valence-electron chi connectivity index (χ0n) is 26.4. The SMILES string of the molecule is CC1(C)c2cccnc2N(c2cccc(C(F)c3ccc4c5ccccc5n5ccnc5c4c3)c2)c2c1ccc1oc3ccccc3c21. The number of rotatable bonds is 3. The highest BCUT2D eigenvalue weighted by atomic mass is 19.1. The van der Waals surface area contributed by atoms with Gasteiger partial charge in [-0.1, -0.05) is 86.6 Å². The minimum Gasteiger partial charge on any atom is -0.456 e. The number of fused-ring (bicyclic) bond motifs is 12. The Balaban J connectivity index is 1.17. The Kier molecular flexibility index (Phi) is 5.51. The fourth-order valence-corrected chi connectivity index (χ4v) is 7.86. The highest BCUT2D eigenvalue weighted by molar-refractivity contribution is 6.15. The highest BCUT2D eigenvalue weighted by Gasteiger charge is 2.39. The first-order valence-electron chi connectivity index (χ1n) is 16.2. The van der Waals surface area contributed by atoms with Crippen LogP contribution in [0, 0.1) is 0 Å². The molecule has 0 fully saturated rings. The molecule has 5 nitrogen and oxygen atoms in total. The molecule has 4 aromatic heterocycles. The third kappa shape index (κ3) is 3.65. The van der Waals surface area contributed by atoms with E-state index in [1.165, 1.54) is 0 Å².